The zero-order valence-electron chi connectivity index (χ0n) is 11.3. The fraction of sp³-hybridized carbons (Fsp3) is 0.250. The van der Waals surface area contributed by atoms with Gasteiger partial charge in [0.05, 0.1) is 0 Å². The van der Waals surface area contributed by atoms with Crippen molar-refractivity contribution in [1.82, 2.24) is 0 Å². The van der Waals surface area contributed by atoms with Crippen molar-refractivity contribution in [1.29, 1.82) is 0 Å². The molecule has 0 aliphatic heterocycles. The van der Waals surface area contributed by atoms with E-state index in [-0.39, 0.29) is 0 Å². The van der Waals surface area contributed by atoms with Crippen LogP contribution in [0.15, 0.2) is 30.3 Å². The summed E-state index contributed by atoms with van der Waals surface area (Å²) < 4.78 is 18.4. The molecule has 2 aromatic rings. The van der Waals surface area contributed by atoms with E-state index >= 15 is 0 Å². The first-order valence-electron chi connectivity index (χ1n) is 6.11. The zero-order chi connectivity index (χ0) is 14.0. The van der Waals surface area contributed by atoms with Gasteiger partial charge in [-0.2, -0.15) is 0 Å². The van der Waals surface area contributed by atoms with Crippen LogP contribution in [0.2, 0.25) is 5.02 Å². The van der Waals surface area contributed by atoms with Crippen molar-refractivity contribution in [2.24, 2.45) is 0 Å². The Morgan fingerprint density at radius 1 is 1.00 bits per heavy atom. The minimum Gasteiger partial charge on any atom is -0.457 e. The van der Waals surface area contributed by atoms with Crippen molar-refractivity contribution in [3.05, 3.63) is 57.6 Å². The van der Waals surface area contributed by atoms with Gasteiger partial charge in [0, 0.05) is 5.02 Å². The van der Waals surface area contributed by atoms with Gasteiger partial charge >= 0.3 is 0 Å². The molecule has 0 amide bonds. The Hall–Kier alpha value is -1.54. The van der Waals surface area contributed by atoms with E-state index in [1.807, 2.05) is 32.9 Å². The minimum atomic E-state index is -0.458. The first kappa shape index (κ1) is 13.9. The predicted octanol–water partition coefficient (Wildman–Crippen LogP) is 5.53. The standard InChI is InChI=1S/C16H16ClFO/c1-10-6-13(9-18)4-5-15(10)19-14-7-11(2)16(17)12(3)8-14/h4-8H,9H2,1-3H3. The lowest BCUT2D eigenvalue weighted by molar-refractivity contribution is 0.471. The fourth-order valence-corrected chi connectivity index (χ4v) is 2.11. The first-order chi connectivity index (χ1) is 9.01. The molecule has 0 aliphatic carbocycles. The Kier molecular flexibility index (Phi) is 4.11. The topological polar surface area (TPSA) is 9.23 Å². The van der Waals surface area contributed by atoms with E-state index in [0.717, 1.165) is 33.2 Å². The molecule has 0 N–H and O–H groups in total. The molecule has 1 nitrogen and oxygen atoms in total. The third-order valence-corrected chi connectivity index (χ3v) is 3.63. The van der Waals surface area contributed by atoms with Gasteiger partial charge in [-0.1, -0.05) is 17.7 Å². The van der Waals surface area contributed by atoms with Gasteiger partial charge in [0.2, 0.25) is 0 Å². The number of ether oxygens (including phenoxy) is 1. The van der Waals surface area contributed by atoms with Gasteiger partial charge in [-0.15, -0.1) is 0 Å². The predicted molar refractivity (Wildman–Crippen MR) is 77.0 cm³/mol. The number of benzene rings is 2. The largest absolute Gasteiger partial charge is 0.457 e. The van der Waals surface area contributed by atoms with Crippen molar-refractivity contribution in [2.75, 3.05) is 0 Å². The number of rotatable bonds is 3. The second kappa shape index (κ2) is 5.62. The van der Waals surface area contributed by atoms with Crippen molar-refractivity contribution < 1.29 is 9.13 Å². The molecule has 0 aromatic heterocycles. The van der Waals surface area contributed by atoms with Crippen LogP contribution in [0.3, 0.4) is 0 Å². The van der Waals surface area contributed by atoms with E-state index in [1.165, 1.54) is 0 Å². The molecule has 0 heterocycles. The molecule has 3 heteroatoms. The molecule has 100 valence electrons. The summed E-state index contributed by atoms with van der Waals surface area (Å²) in [7, 11) is 0. The molecule has 0 unspecified atom stereocenters. The summed E-state index contributed by atoms with van der Waals surface area (Å²) in [6.07, 6.45) is 0. The molecule has 0 saturated heterocycles. The Balaban J connectivity index is 2.31. The van der Waals surface area contributed by atoms with Crippen molar-refractivity contribution in [3.8, 4) is 11.5 Å². The number of alkyl halides is 1. The third kappa shape index (κ3) is 3.07. The molecule has 0 fully saturated rings. The molecule has 2 aromatic carbocycles. The molecule has 0 radical (unpaired) electrons. The van der Waals surface area contributed by atoms with E-state index in [9.17, 15) is 4.39 Å². The Labute approximate surface area is 118 Å². The van der Waals surface area contributed by atoms with Crippen LogP contribution in [0.4, 0.5) is 4.39 Å². The Morgan fingerprint density at radius 2 is 1.63 bits per heavy atom. The highest BCUT2D eigenvalue weighted by Crippen LogP contribution is 2.31. The summed E-state index contributed by atoms with van der Waals surface area (Å²) in [5.74, 6) is 1.48. The van der Waals surface area contributed by atoms with Crippen LogP contribution in [0, 0.1) is 20.8 Å². The minimum absolute atomic E-state index is 0.458. The van der Waals surface area contributed by atoms with Gasteiger partial charge in [-0.3, -0.25) is 0 Å². The molecule has 0 saturated carbocycles. The quantitative estimate of drug-likeness (QED) is 0.717. The van der Waals surface area contributed by atoms with Crippen molar-refractivity contribution in [3.63, 3.8) is 0 Å². The van der Waals surface area contributed by atoms with Crippen LogP contribution >= 0.6 is 11.6 Å². The van der Waals surface area contributed by atoms with Gasteiger partial charge in [0.1, 0.15) is 18.2 Å². The SMILES string of the molecule is Cc1cc(CF)ccc1Oc1cc(C)c(Cl)c(C)c1. The highest BCUT2D eigenvalue weighted by atomic mass is 35.5. The van der Waals surface area contributed by atoms with Crippen LogP contribution in [0.5, 0.6) is 11.5 Å². The average Bonchev–Trinajstić information content (AvgIpc) is 2.38. The molecular formula is C16H16ClFO. The molecule has 19 heavy (non-hydrogen) atoms. The van der Waals surface area contributed by atoms with Crippen LogP contribution in [0.25, 0.3) is 0 Å². The number of halogens is 2. The van der Waals surface area contributed by atoms with Gasteiger partial charge in [-0.05, 0) is 67.3 Å². The summed E-state index contributed by atoms with van der Waals surface area (Å²) in [5, 5.41) is 0.761. The van der Waals surface area contributed by atoms with Crippen molar-refractivity contribution in [2.45, 2.75) is 27.4 Å². The number of hydrogen-bond acceptors (Lipinski definition) is 1. The van der Waals surface area contributed by atoms with Gasteiger partial charge in [-0.25, -0.2) is 4.39 Å². The summed E-state index contributed by atoms with van der Waals surface area (Å²) in [4.78, 5) is 0. The molecule has 0 bridgehead atoms. The Morgan fingerprint density at radius 3 is 2.16 bits per heavy atom. The third-order valence-electron chi connectivity index (χ3n) is 3.03. The highest BCUT2D eigenvalue weighted by Gasteiger charge is 2.07. The first-order valence-corrected chi connectivity index (χ1v) is 6.49. The van der Waals surface area contributed by atoms with Crippen LogP contribution < -0.4 is 4.74 Å². The average molecular weight is 279 g/mol. The van der Waals surface area contributed by atoms with Gasteiger partial charge < -0.3 is 4.74 Å². The van der Waals surface area contributed by atoms with Gasteiger partial charge in [0.25, 0.3) is 0 Å². The molecule has 2 rings (SSSR count). The second-order valence-corrected chi connectivity index (χ2v) is 5.08. The normalized spacial score (nSPS) is 10.6. The van der Waals surface area contributed by atoms with E-state index in [1.54, 1.807) is 18.2 Å². The summed E-state index contributed by atoms with van der Waals surface area (Å²) >= 11 is 6.13. The Bertz CT molecular complexity index is 585. The lowest BCUT2D eigenvalue weighted by Gasteiger charge is -2.12. The molecular weight excluding hydrogens is 263 g/mol. The maximum atomic E-state index is 12.6. The second-order valence-electron chi connectivity index (χ2n) is 4.71. The summed E-state index contributed by atoms with van der Waals surface area (Å²) in [5.41, 5.74) is 3.54. The van der Waals surface area contributed by atoms with Crippen LogP contribution in [-0.4, -0.2) is 0 Å². The van der Waals surface area contributed by atoms with Crippen LogP contribution in [-0.2, 0) is 6.67 Å². The summed E-state index contributed by atoms with van der Waals surface area (Å²) in [6, 6.07) is 9.13. The van der Waals surface area contributed by atoms with E-state index in [4.69, 9.17) is 16.3 Å². The van der Waals surface area contributed by atoms with Crippen LogP contribution in [0.1, 0.15) is 22.3 Å². The number of aryl methyl sites for hydroxylation is 3. The number of hydrogen-bond donors (Lipinski definition) is 0. The lowest BCUT2D eigenvalue weighted by Crippen LogP contribution is -1.91. The monoisotopic (exact) mass is 278 g/mol. The fourth-order valence-electron chi connectivity index (χ4n) is 2.00. The summed E-state index contributed by atoms with van der Waals surface area (Å²) in [6.45, 7) is 5.34. The maximum absolute atomic E-state index is 12.6. The molecule has 0 aliphatic rings. The van der Waals surface area contributed by atoms with E-state index < -0.39 is 6.67 Å². The molecule has 0 spiro atoms. The maximum Gasteiger partial charge on any atom is 0.130 e. The van der Waals surface area contributed by atoms with E-state index in [2.05, 4.69) is 0 Å². The smallest absolute Gasteiger partial charge is 0.130 e. The molecule has 0 atom stereocenters. The van der Waals surface area contributed by atoms with Crippen molar-refractivity contribution >= 4 is 11.6 Å². The highest BCUT2D eigenvalue weighted by molar-refractivity contribution is 6.32. The zero-order valence-corrected chi connectivity index (χ0v) is 12.0. The van der Waals surface area contributed by atoms with E-state index in [0.29, 0.717) is 5.56 Å². The van der Waals surface area contributed by atoms with Gasteiger partial charge in [0.15, 0.2) is 0 Å². The lowest BCUT2D eigenvalue weighted by atomic mass is 10.1.